The largest absolute Gasteiger partial charge is 0.550 e. The van der Waals surface area contributed by atoms with Crippen molar-refractivity contribution >= 4 is 27.6 Å². The van der Waals surface area contributed by atoms with Crippen LogP contribution >= 0.6 is 0 Å². The van der Waals surface area contributed by atoms with Gasteiger partial charge in [-0.05, 0) is 37.1 Å². The molecule has 8 heteroatoms. The predicted octanol–water partition coefficient (Wildman–Crippen LogP) is 1.21. The lowest BCUT2D eigenvalue weighted by Crippen LogP contribution is -2.42. The summed E-state index contributed by atoms with van der Waals surface area (Å²) in [6, 6.07) is 5.93. The van der Waals surface area contributed by atoms with Crippen molar-refractivity contribution in [3.8, 4) is 0 Å². The van der Waals surface area contributed by atoms with Crippen LogP contribution in [0.15, 0.2) is 29.2 Å². The number of nitrogens with one attached hydrogen (secondary N) is 1. The maximum atomic E-state index is 12.5. The molecule has 0 saturated heterocycles. The number of carbonyl (C=O) groups is 2. The Balaban J connectivity index is 2.11. The van der Waals surface area contributed by atoms with Gasteiger partial charge in [0, 0.05) is 36.6 Å². The molecule has 1 amide bonds. The van der Waals surface area contributed by atoms with Gasteiger partial charge in [-0.1, -0.05) is 26.7 Å². The summed E-state index contributed by atoms with van der Waals surface area (Å²) in [6.45, 7) is 4.30. The molecule has 1 N–H and O–H groups in total. The SMILES string of the molecule is CCN(CC)S(=O)(=O)c1ccc(NC(=O)[C@@H]2CCCC[C@H]2C(=O)[O-])cc1. The summed E-state index contributed by atoms with van der Waals surface area (Å²) in [5, 5.41) is 13.9. The first-order valence-electron chi connectivity index (χ1n) is 8.93. The lowest BCUT2D eigenvalue weighted by Gasteiger charge is -2.31. The maximum absolute atomic E-state index is 12.5. The lowest BCUT2D eigenvalue weighted by molar-refractivity contribution is -0.313. The van der Waals surface area contributed by atoms with Crippen LogP contribution in [0.2, 0.25) is 0 Å². The van der Waals surface area contributed by atoms with E-state index in [1.165, 1.54) is 28.6 Å². The average molecular weight is 381 g/mol. The third-order valence-corrected chi connectivity index (χ3v) is 6.93. The summed E-state index contributed by atoms with van der Waals surface area (Å²) in [5.41, 5.74) is 0.441. The van der Waals surface area contributed by atoms with Crippen molar-refractivity contribution < 1.29 is 23.1 Å². The molecular formula is C18H25N2O5S-. The normalized spacial score (nSPS) is 20.7. The van der Waals surface area contributed by atoms with Crippen LogP contribution in [0.5, 0.6) is 0 Å². The van der Waals surface area contributed by atoms with Crippen molar-refractivity contribution in [1.82, 2.24) is 4.31 Å². The van der Waals surface area contributed by atoms with Gasteiger partial charge in [-0.3, -0.25) is 4.79 Å². The van der Waals surface area contributed by atoms with Crippen LogP contribution in [-0.4, -0.2) is 37.7 Å². The van der Waals surface area contributed by atoms with Crippen molar-refractivity contribution in [2.75, 3.05) is 18.4 Å². The number of nitrogens with zero attached hydrogens (tertiary/aromatic N) is 1. The molecule has 0 unspecified atom stereocenters. The van der Waals surface area contributed by atoms with E-state index in [0.29, 0.717) is 31.6 Å². The Morgan fingerprint density at radius 1 is 1.08 bits per heavy atom. The Morgan fingerprint density at radius 2 is 1.62 bits per heavy atom. The molecule has 2 atom stereocenters. The Hall–Kier alpha value is -1.93. The number of anilines is 1. The minimum atomic E-state index is -3.55. The minimum absolute atomic E-state index is 0.157. The number of benzene rings is 1. The van der Waals surface area contributed by atoms with Gasteiger partial charge in [-0.25, -0.2) is 8.42 Å². The molecule has 1 saturated carbocycles. The molecule has 0 aromatic heterocycles. The fourth-order valence-electron chi connectivity index (χ4n) is 3.38. The van der Waals surface area contributed by atoms with E-state index in [9.17, 15) is 23.1 Å². The number of amides is 1. The molecule has 0 radical (unpaired) electrons. The van der Waals surface area contributed by atoms with Crippen LogP contribution in [0.3, 0.4) is 0 Å². The number of aliphatic carboxylic acids is 1. The number of carboxylic acid groups (broad SMARTS) is 1. The third-order valence-electron chi connectivity index (χ3n) is 4.87. The summed E-state index contributed by atoms with van der Waals surface area (Å²) >= 11 is 0. The summed E-state index contributed by atoms with van der Waals surface area (Å²) in [5.74, 6) is -2.94. The second kappa shape index (κ2) is 8.64. The molecule has 1 fully saturated rings. The first-order chi connectivity index (χ1) is 12.3. The van der Waals surface area contributed by atoms with Crippen LogP contribution in [0.25, 0.3) is 0 Å². The van der Waals surface area contributed by atoms with Crippen LogP contribution in [0.1, 0.15) is 39.5 Å². The van der Waals surface area contributed by atoms with Gasteiger partial charge >= 0.3 is 0 Å². The van der Waals surface area contributed by atoms with Crippen molar-refractivity contribution in [3.05, 3.63) is 24.3 Å². The Labute approximate surface area is 154 Å². The molecule has 1 aromatic rings. The number of hydrogen-bond acceptors (Lipinski definition) is 5. The van der Waals surface area contributed by atoms with Crippen molar-refractivity contribution in [1.29, 1.82) is 0 Å². The fourth-order valence-corrected chi connectivity index (χ4v) is 4.84. The van der Waals surface area contributed by atoms with Crippen LogP contribution in [0, 0.1) is 11.8 Å². The molecule has 7 nitrogen and oxygen atoms in total. The van der Waals surface area contributed by atoms with E-state index < -0.39 is 27.8 Å². The highest BCUT2D eigenvalue weighted by Gasteiger charge is 2.31. The van der Waals surface area contributed by atoms with E-state index >= 15 is 0 Å². The standard InChI is InChI=1S/C18H26N2O5S/c1-3-20(4-2)26(24,25)14-11-9-13(10-12-14)19-17(21)15-7-5-6-8-16(15)18(22)23/h9-12,15-16H,3-8H2,1-2H3,(H,19,21)(H,22,23)/p-1/t15-,16-/m1/s1. The average Bonchev–Trinajstić information content (AvgIpc) is 2.63. The highest BCUT2D eigenvalue weighted by Crippen LogP contribution is 2.31. The highest BCUT2D eigenvalue weighted by atomic mass is 32.2. The topological polar surface area (TPSA) is 107 Å². The van der Waals surface area contributed by atoms with Gasteiger partial charge in [0.2, 0.25) is 15.9 Å². The number of sulfonamides is 1. The summed E-state index contributed by atoms with van der Waals surface area (Å²) in [4.78, 5) is 23.8. The second-order valence-corrected chi connectivity index (χ2v) is 8.36. The van der Waals surface area contributed by atoms with Gasteiger partial charge < -0.3 is 15.2 Å². The quantitative estimate of drug-likeness (QED) is 0.764. The van der Waals surface area contributed by atoms with E-state index in [4.69, 9.17) is 0 Å². The van der Waals surface area contributed by atoms with Crippen molar-refractivity contribution in [3.63, 3.8) is 0 Å². The first kappa shape index (κ1) is 20.4. The molecule has 144 valence electrons. The molecule has 1 aromatic carbocycles. The van der Waals surface area contributed by atoms with E-state index in [-0.39, 0.29) is 10.8 Å². The van der Waals surface area contributed by atoms with Gasteiger partial charge in [-0.15, -0.1) is 0 Å². The predicted molar refractivity (Wildman–Crippen MR) is 95.6 cm³/mol. The molecular weight excluding hydrogens is 356 g/mol. The minimum Gasteiger partial charge on any atom is -0.550 e. The summed E-state index contributed by atoms with van der Waals surface area (Å²) in [6.07, 6.45) is 2.55. The number of rotatable bonds is 7. The van der Waals surface area contributed by atoms with Crippen LogP contribution < -0.4 is 10.4 Å². The number of hydrogen-bond donors (Lipinski definition) is 1. The van der Waals surface area contributed by atoms with E-state index in [1.807, 2.05) is 0 Å². The van der Waals surface area contributed by atoms with Crippen molar-refractivity contribution in [2.24, 2.45) is 11.8 Å². The Kier molecular flexibility index (Phi) is 6.77. The lowest BCUT2D eigenvalue weighted by atomic mass is 9.78. The third kappa shape index (κ3) is 4.42. The fraction of sp³-hybridized carbons (Fsp3) is 0.556. The summed E-state index contributed by atoms with van der Waals surface area (Å²) in [7, 11) is -3.55. The first-order valence-corrected chi connectivity index (χ1v) is 10.4. The number of carboxylic acids is 1. The molecule has 1 aliphatic rings. The molecule has 2 rings (SSSR count). The molecule has 0 aliphatic heterocycles. The van der Waals surface area contributed by atoms with E-state index in [0.717, 1.165) is 12.8 Å². The zero-order valence-electron chi connectivity index (χ0n) is 15.1. The van der Waals surface area contributed by atoms with E-state index in [1.54, 1.807) is 13.8 Å². The second-order valence-electron chi connectivity index (χ2n) is 6.42. The Morgan fingerprint density at radius 3 is 2.12 bits per heavy atom. The highest BCUT2D eigenvalue weighted by molar-refractivity contribution is 7.89. The zero-order chi connectivity index (χ0) is 19.3. The summed E-state index contributed by atoms with van der Waals surface area (Å²) < 4.78 is 26.3. The molecule has 0 spiro atoms. The van der Waals surface area contributed by atoms with Gasteiger partial charge in [0.05, 0.1) is 4.90 Å². The van der Waals surface area contributed by atoms with Gasteiger partial charge in [0.25, 0.3) is 0 Å². The van der Waals surface area contributed by atoms with E-state index in [2.05, 4.69) is 5.32 Å². The smallest absolute Gasteiger partial charge is 0.243 e. The zero-order valence-corrected chi connectivity index (χ0v) is 15.9. The van der Waals surface area contributed by atoms with Gasteiger partial charge in [0.1, 0.15) is 0 Å². The monoisotopic (exact) mass is 381 g/mol. The van der Waals surface area contributed by atoms with Crippen molar-refractivity contribution in [2.45, 2.75) is 44.4 Å². The van der Waals surface area contributed by atoms with Gasteiger partial charge in [-0.2, -0.15) is 4.31 Å². The molecule has 0 bridgehead atoms. The van der Waals surface area contributed by atoms with Crippen LogP contribution in [0.4, 0.5) is 5.69 Å². The molecule has 0 heterocycles. The van der Waals surface area contributed by atoms with Gasteiger partial charge in [0.15, 0.2) is 0 Å². The Bertz CT molecular complexity index is 741. The number of carbonyl (C=O) groups excluding carboxylic acids is 2. The molecule has 26 heavy (non-hydrogen) atoms. The van der Waals surface area contributed by atoms with Crippen LogP contribution in [-0.2, 0) is 19.6 Å². The maximum Gasteiger partial charge on any atom is 0.243 e. The molecule has 1 aliphatic carbocycles.